The van der Waals surface area contributed by atoms with Crippen molar-refractivity contribution in [3.63, 3.8) is 0 Å². The van der Waals surface area contributed by atoms with Gasteiger partial charge in [0.1, 0.15) is 5.78 Å². The molecule has 4 rings (SSSR count). The molecule has 0 aromatic heterocycles. The molecule has 0 bridgehead atoms. The van der Waals surface area contributed by atoms with Gasteiger partial charge in [0, 0.05) is 11.8 Å². The van der Waals surface area contributed by atoms with Crippen molar-refractivity contribution in [1.29, 1.82) is 0 Å². The first-order chi connectivity index (χ1) is 9.59. The molecule has 0 aromatic rings. The van der Waals surface area contributed by atoms with Gasteiger partial charge in [0.15, 0.2) is 0 Å². The fourth-order valence-corrected chi connectivity index (χ4v) is 6.60. The first-order valence-corrected chi connectivity index (χ1v) is 8.81. The molecule has 0 aliphatic heterocycles. The molecule has 4 fully saturated rings. The van der Waals surface area contributed by atoms with Crippen LogP contribution in [0.25, 0.3) is 0 Å². The summed E-state index contributed by atoms with van der Waals surface area (Å²) in [6.45, 7) is 2.26. The van der Waals surface area contributed by atoms with E-state index in [0.717, 1.165) is 55.8 Å². The van der Waals surface area contributed by atoms with Crippen molar-refractivity contribution in [2.45, 2.75) is 70.8 Å². The van der Waals surface area contributed by atoms with E-state index >= 15 is 0 Å². The number of carbonyl (C=O) groups is 1. The normalized spacial score (nSPS) is 55.0. The topological polar surface area (TPSA) is 37.3 Å². The van der Waals surface area contributed by atoms with Gasteiger partial charge in [0.05, 0.1) is 6.10 Å². The maximum atomic E-state index is 12.3. The highest BCUT2D eigenvalue weighted by molar-refractivity contribution is 5.87. The Hall–Kier alpha value is -0.370. The van der Waals surface area contributed by atoms with Crippen LogP contribution in [0.2, 0.25) is 0 Å². The predicted molar refractivity (Wildman–Crippen MR) is 78.1 cm³/mol. The fraction of sp³-hybridized carbons (Fsp3) is 0.944. The zero-order valence-corrected chi connectivity index (χ0v) is 12.7. The minimum absolute atomic E-state index is 0.0299. The third-order valence-corrected chi connectivity index (χ3v) is 7.64. The van der Waals surface area contributed by atoms with E-state index in [0.29, 0.717) is 11.7 Å². The van der Waals surface area contributed by atoms with Crippen LogP contribution in [0.1, 0.15) is 64.7 Å². The van der Waals surface area contributed by atoms with Gasteiger partial charge in [-0.3, -0.25) is 4.79 Å². The Labute approximate surface area is 122 Å². The number of hydrogen-bond donors (Lipinski definition) is 1. The van der Waals surface area contributed by atoms with Gasteiger partial charge in [-0.15, -0.1) is 0 Å². The minimum Gasteiger partial charge on any atom is -0.393 e. The Morgan fingerprint density at radius 3 is 2.65 bits per heavy atom. The number of ketones is 1. The molecule has 20 heavy (non-hydrogen) atoms. The molecule has 0 aromatic carbocycles. The highest BCUT2D eigenvalue weighted by atomic mass is 16.3. The third-order valence-electron chi connectivity index (χ3n) is 7.64. The van der Waals surface area contributed by atoms with E-state index in [4.69, 9.17) is 0 Å². The van der Waals surface area contributed by atoms with Gasteiger partial charge in [-0.25, -0.2) is 0 Å². The first-order valence-electron chi connectivity index (χ1n) is 8.81. The van der Waals surface area contributed by atoms with E-state index in [1.165, 1.54) is 25.7 Å². The van der Waals surface area contributed by atoms with Crippen molar-refractivity contribution >= 4 is 5.78 Å². The molecule has 0 amide bonds. The number of rotatable bonds is 0. The summed E-state index contributed by atoms with van der Waals surface area (Å²) in [5, 5.41) is 9.93. The molecule has 112 valence electrons. The second-order valence-electron chi connectivity index (χ2n) is 8.32. The number of hydrogen-bond acceptors (Lipinski definition) is 2. The summed E-state index contributed by atoms with van der Waals surface area (Å²) in [5.74, 6) is 4.56. The second-order valence-corrected chi connectivity index (χ2v) is 8.32. The molecule has 0 spiro atoms. The second kappa shape index (κ2) is 4.56. The van der Waals surface area contributed by atoms with Gasteiger partial charge in [-0.05, 0) is 81.0 Å². The lowest BCUT2D eigenvalue weighted by Crippen LogP contribution is -2.49. The van der Waals surface area contributed by atoms with Crippen molar-refractivity contribution in [1.82, 2.24) is 0 Å². The lowest BCUT2D eigenvalue weighted by molar-refractivity contribution is -0.133. The Balaban J connectivity index is 1.58. The molecule has 2 heteroatoms. The Kier molecular flexibility index (Phi) is 3.03. The van der Waals surface area contributed by atoms with Crippen LogP contribution in [0, 0.1) is 35.0 Å². The van der Waals surface area contributed by atoms with Gasteiger partial charge in [-0.2, -0.15) is 0 Å². The van der Waals surface area contributed by atoms with Gasteiger partial charge in [0.25, 0.3) is 0 Å². The zero-order chi connectivity index (χ0) is 13.9. The van der Waals surface area contributed by atoms with Gasteiger partial charge in [-0.1, -0.05) is 6.92 Å². The van der Waals surface area contributed by atoms with Crippen LogP contribution in [0.4, 0.5) is 0 Å². The van der Waals surface area contributed by atoms with Crippen LogP contribution in [-0.2, 0) is 4.79 Å². The molecule has 0 heterocycles. The molecule has 1 N–H and O–H groups in total. The maximum absolute atomic E-state index is 12.3. The Morgan fingerprint density at radius 1 is 1.00 bits per heavy atom. The minimum atomic E-state index is -0.0327. The van der Waals surface area contributed by atoms with Crippen LogP contribution in [0.3, 0.4) is 0 Å². The van der Waals surface area contributed by atoms with E-state index in [2.05, 4.69) is 6.92 Å². The summed E-state index contributed by atoms with van der Waals surface area (Å²) < 4.78 is 0. The van der Waals surface area contributed by atoms with Crippen LogP contribution in [0.5, 0.6) is 0 Å². The molecule has 7 atom stereocenters. The molecule has 0 saturated heterocycles. The number of aliphatic hydroxyl groups is 1. The van der Waals surface area contributed by atoms with Gasteiger partial charge in [0.2, 0.25) is 0 Å². The van der Waals surface area contributed by atoms with Gasteiger partial charge >= 0.3 is 0 Å². The highest BCUT2D eigenvalue weighted by Gasteiger charge is 2.56. The van der Waals surface area contributed by atoms with Crippen LogP contribution in [0.15, 0.2) is 0 Å². The SMILES string of the molecule is C[C@]12CC[C@H]3[C@@H](CCC4CC(O)CC[C@@H]43)[C@@H]1CCC2=O. The lowest BCUT2D eigenvalue weighted by atomic mass is 9.50. The standard InChI is InChI=1S/C18H28O2/c1-18-9-8-14-13-5-3-12(19)10-11(13)2-4-15(14)16(18)6-7-17(18)20/h11-16,19H,2-10H2,1H3/t11?,12?,13-,14+,15+,16-,18-/m0/s1. The zero-order valence-electron chi connectivity index (χ0n) is 12.7. The largest absolute Gasteiger partial charge is 0.393 e. The van der Waals surface area contributed by atoms with E-state index in [1.54, 1.807) is 0 Å². The van der Waals surface area contributed by atoms with E-state index in [-0.39, 0.29) is 11.5 Å². The van der Waals surface area contributed by atoms with Crippen LogP contribution >= 0.6 is 0 Å². The van der Waals surface area contributed by atoms with Crippen LogP contribution < -0.4 is 0 Å². The van der Waals surface area contributed by atoms with Crippen molar-refractivity contribution in [2.24, 2.45) is 35.0 Å². The average molecular weight is 276 g/mol. The monoisotopic (exact) mass is 276 g/mol. The molecule has 2 nitrogen and oxygen atoms in total. The number of carbonyl (C=O) groups excluding carboxylic acids is 1. The molecule has 2 unspecified atom stereocenters. The Morgan fingerprint density at radius 2 is 1.80 bits per heavy atom. The van der Waals surface area contributed by atoms with Crippen molar-refractivity contribution in [2.75, 3.05) is 0 Å². The summed E-state index contributed by atoms with van der Waals surface area (Å²) in [7, 11) is 0. The molecule has 4 aliphatic rings. The quantitative estimate of drug-likeness (QED) is 0.734. The fourth-order valence-electron chi connectivity index (χ4n) is 6.60. The molecule has 0 radical (unpaired) electrons. The van der Waals surface area contributed by atoms with Gasteiger partial charge < -0.3 is 5.11 Å². The summed E-state index contributed by atoms with van der Waals surface area (Å²) in [5.41, 5.74) is 0.0299. The van der Waals surface area contributed by atoms with E-state index < -0.39 is 0 Å². The van der Waals surface area contributed by atoms with Crippen molar-refractivity contribution < 1.29 is 9.90 Å². The molecule has 4 saturated carbocycles. The number of aliphatic hydroxyl groups excluding tert-OH is 1. The summed E-state index contributed by atoms with van der Waals surface area (Å²) in [6, 6.07) is 0. The smallest absolute Gasteiger partial charge is 0.139 e. The summed E-state index contributed by atoms with van der Waals surface area (Å²) in [4.78, 5) is 12.3. The highest BCUT2D eigenvalue weighted by Crippen LogP contribution is 2.61. The van der Waals surface area contributed by atoms with Crippen molar-refractivity contribution in [3.05, 3.63) is 0 Å². The predicted octanol–water partition coefficient (Wildman–Crippen LogP) is 3.57. The molecule has 4 aliphatic carbocycles. The molecular formula is C18H28O2. The Bertz CT molecular complexity index is 418. The van der Waals surface area contributed by atoms with Crippen molar-refractivity contribution in [3.8, 4) is 0 Å². The average Bonchev–Trinajstić information content (AvgIpc) is 2.74. The summed E-state index contributed by atoms with van der Waals surface area (Å²) in [6.07, 6.45) is 10.3. The third kappa shape index (κ3) is 1.76. The number of Topliss-reactive ketones (excluding diaryl/α,β-unsaturated/α-hetero) is 1. The maximum Gasteiger partial charge on any atom is 0.139 e. The van der Waals surface area contributed by atoms with Crippen LogP contribution in [-0.4, -0.2) is 17.0 Å². The molecular weight excluding hydrogens is 248 g/mol. The summed E-state index contributed by atoms with van der Waals surface area (Å²) >= 11 is 0. The first kappa shape index (κ1) is 13.3. The lowest BCUT2D eigenvalue weighted by Gasteiger charge is -2.54. The number of fused-ring (bicyclic) bond motifs is 5. The van der Waals surface area contributed by atoms with E-state index in [1.807, 2.05) is 0 Å². The van der Waals surface area contributed by atoms with E-state index in [9.17, 15) is 9.90 Å².